The summed E-state index contributed by atoms with van der Waals surface area (Å²) in [4.78, 5) is 17.6. The summed E-state index contributed by atoms with van der Waals surface area (Å²) in [6.45, 7) is 7.20. The van der Waals surface area contributed by atoms with E-state index >= 15 is 0 Å². The fourth-order valence-corrected chi connectivity index (χ4v) is 5.62. The molecule has 0 bridgehead atoms. The first kappa shape index (κ1) is 21.2. The number of alkyl halides is 1. The monoisotopic (exact) mass is 439 g/mol. The SMILES string of the molecule is COCCN1CCC(N(C)Cc2cc3ncnc(N4CCOC(Cl)C4)c3s2)CC1. The normalized spacial score (nSPS) is 22.1. The molecule has 29 heavy (non-hydrogen) atoms. The van der Waals surface area contributed by atoms with Gasteiger partial charge in [0.1, 0.15) is 17.7 Å². The van der Waals surface area contributed by atoms with Gasteiger partial charge in [0.15, 0.2) is 0 Å². The van der Waals surface area contributed by atoms with Crippen LogP contribution in [0.25, 0.3) is 10.2 Å². The number of ether oxygens (including phenoxy) is 2. The van der Waals surface area contributed by atoms with Gasteiger partial charge in [-0.3, -0.25) is 4.90 Å². The Morgan fingerprint density at radius 3 is 2.90 bits per heavy atom. The van der Waals surface area contributed by atoms with Crippen molar-refractivity contribution >= 4 is 39.0 Å². The topological polar surface area (TPSA) is 54.0 Å². The van der Waals surface area contributed by atoms with Crippen molar-refractivity contribution < 1.29 is 9.47 Å². The molecule has 2 saturated heterocycles. The van der Waals surface area contributed by atoms with Crippen molar-refractivity contribution in [1.29, 1.82) is 0 Å². The van der Waals surface area contributed by atoms with Crippen LogP contribution < -0.4 is 4.90 Å². The minimum Gasteiger partial charge on any atom is -0.383 e. The van der Waals surface area contributed by atoms with Crippen LogP contribution in [-0.2, 0) is 16.0 Å². The number of piperidine rings is 1. The van der Waals surface area contributed by atoms with Crippen LogP contribution in [-0.4, -0.2) is 91.5 Å². The Bertz CT molecular complexity index is 798. The van der Waals surface area contributed by atoms with E-state index in [0.29, 0.717) is 19.2 Å². The van der Waals surface area contributed by atoms with Crippen molar-refractivity contribution in [1.82, 2.24) is 19.8 Å². The number of methoxy groups -OCH3 is 1. The van der Waals surface area contributed by atoms with Gasteiger partial charge >= 0.3 is 0 Å². The van der Waals surface area contributed by atoms with Gasteiger partial charge in [0.25, 0.3) is 0 Å². The molecule has 4 heterocycles. The lowest BCUT2D eigenvalue weighted by Gasteiger charge is -2.36. The maximum absolute atomic E-state index is 6.19. The van der Waals surface area contributed by atoms with Gasteiger partial charge in [-0.25, -0.2) is 9.97 Å². The molecule has 0 aromatic carbocycles. The summed E-state index contributed by atoms with van der Waals surface area (Å²) >= 11 is 7.99. The molecule has 0 spiro atoms. The second-order valence-corrected chi connectivity index (χ2v) is 9.46. The molecule has 2 aliphatic heterocycles. The number of rotatable bonds is 7. The number of likely N-dealkylation sites (tertiary alicyclic amines) is 1. The van der Waals surface area contributed by atoms with Crippen LogP contribution in [0.5, 0.6) is 0 Å². The highest BCUT2D eigenvalue weighted by Gasteiger charge is 2.25. The third-order valence-electron chi connectivity index (χ3n) is 5.86. The number of aromatic nitrogens is 2. The minimum atomic E-state index is -0.283. The van der Waals surface area contributed by atoms with Crippen molar-refractivity contribution in [2.45, 2.75) is 31.0 Å². The van der Waals surface area contributed by atoms with E-state index in [1.165, 1.54) is 17.7 Å². The quantitative estimate of drug-likeness (QED) is 0.614. The zero-order chi connectivity index (χ0) is 20.2. The van der Waals surface area contributed by atoms with E-state index in [-0.39, 0.29) is 5.56 Å². The minimum absolute atomic E-state index is 0.283. The molecule has 160 valence electrons. The summed E-state index contributed by atoms with van der Waals surface area (Å²) in [5.41, 5.74) is 0.740. The highest BCUT2D eigenvalue weighted by molar-refractivity contribution is 7.19. The van der Waals surface area contributed by atoms with E-state index in [1.807, 2.05) is 0 Å². The Balaban J connectivity index is 1.40. The number of fused-ring (bicyclic) bond motifs is 1. The Kier molecular flexibility index (Phi) is 7.21. The number of anilines is 1. The number of halogens is 1. The molecule has 4 rings (SSSR count). The lowest BCUT2D eigenvalue weighted by Crippen LogP contribution is -2.43. The molecule has 2 aromatic rings. The highest BCUT2D eigenvalue weighted by atomic mass is 35.5. The smallest absolute Gasteiger partial charge is 0.150 e. The number of hydrogen-bond donors (Lipinski definition) is 0. The summed E-state index contributed by atoms with van der Waals surface area (Å²) in [5, 5.41) is 0. The average Bonchev–Trinajstić information content (AvgIpc) is 3.15. The standard InChI is InChI=1S/C20H30ClN5O2S/c1-24(15-3-5-25(6-4-15)7-9-27-2)12-16-11-17-19(29-16)20(23-14-22-17)26-8-10-28-18(21)13-26/h11,14-15,18H,3-10,12-13H2,1-2H3. The molecule has 2 aromatic heterocycles. The predicted molar refractivity (Wildman–Crippen MR) is 118 cm³/mol. The fraction of sp³-hybridized carbons (Fsp3) is 0.700. The third kappa shape index (κ3) is 5.18. The first-order valence-corrected chi connectivity index (χ1v) is 11.5. The van der Waals surface area contributed by atoms with Gasteiger partial charge in [-0.15, -0.1) is 11.3 Å². The van der Waals surface area contributed by atoms with Crippen LogP contribution in [0.4, 0.5) is 5.82 Å². The molecule has 9 heteroatoms. The van der Waals surface area contributed by atoms with E-state index in [0.717, 1.165) is 55.4 Å². The summed E-state index contributed by atoms with van der Waals surface area (Å²) < 4.78 is 11.8. The van der Waals surface area contributed by atoms with Gasteiger partial charge in [-0.1, -0.05) is 11.6 Å². The van der Waals surface area contributed by atoms with Gasteiger partial charge in [0.05, 0.1) is 30.0 Å². The Morgan fingerprint density at radius 2 is 2.14 bits per heavy atom. The van der Waals surface area contributed by atoms with Crippen LogP contribution in [0.15, 0.2) is 12.4 Å². The second-order valence-electron chi connectivity index (χ2n) is 7.83. The lowest BCUT2D eigenvalue weighted by molar-refractivity contribution is 0.0932. The van der Waals surface area contributed by atoms with Crippen LogP contribution in [0.2, 0.25) is 0 Å². The van der Waals surface area contributed by atoms with Crippen LogP contribution in [0.3, 0.4) is 0 Å². The molecule has 2 aliphatic rings. The van der Waals surface area contributed by atoms with Gasteiger partial charge in [-0.05, 0) is 39.0 Å². The van der Waals surface area contributed by atoms with Gasteiger partial charge in [0.2, 0.25) is 0 Å². The number of nitrogens with zero attached hydrogens (tertiary/aromatic N) is 5. The van der Waals surface area contributed by atoms with Crippen molar-refractivity contribution in [3.8, 4) is 0 Å². The van der Waals surface area contributed by atoms with Gasteiger partial charge < -0.3 is 19.3 Å². The maximum atomic E-state index is 6.19. The summed E-state index contributed by atoms with van der Waals surface area (Å²) in [5.74, 6) is 0.981. The molecule has 1 atom stereocenters. The van der Waals surface area contributed by atoms with E-state index in [2.05, 4.69) is 37.8 Å². The number of morpholine rings is 1. The maximum Gasteiger partial charge on any atom is 0.150 e. The molecular formula is C20H30ClN5O2S. The third-order valence-corrected chi connectivity index (χ3v) is 7.23. The van der Waals surface area contributed by atoms with Crippen molar-refractivity contribution in [3.63, 3.8) is 0 Å². The summed E-state index contributed by atoms with van der Waals surface area (Å²) in [6.07, 6.45) is 4.08. The molecule has 0 aliphatic carbocycles. The van der Waals surface area contributed by atoms with Crippen molar-refractivity contribution in [3.05, 3.63) is 17.3 Å². The fourth-order valence-electron chi connectivity index (χ4n) is 4.17. The Hall–Kier alpha value is -1.03. The van der Waals surface area contributed by atoms with E-state index in [1.54, 1.807) is 24.8 Å². The lowest BCUT2D eigenvalue weighted by atomic mass is 10.0. The van der Waals surface area contributed by atoms with E-state index < -0.39 is 0 Å². The molecule has 1 unspecified atom stereocenters. The Labute approximate surface area is 181 Å². The number of thiophene rings is 1. The van der Waals surface area contributed by atoms with Crippen molar-refractivity contribution in [2.24, 2.45) is 0 Å². The zero-order valence-corrected chi connectivity index (χ0v) is 18.8. The molecule has 0 radical (unpaired) electrons. The molecule has 0 amide bonds. The summed E-state index contributed by atoms with van der Waals surface area (Å²) in [7, 11) is 4.01. The molecule has 2 fully saturated rings. The van der Waals surface area contributed by atoms with Crippen molar-refractivity contribution in [2.75, 3.05) is 65.0 Å². The molecular weight excluding hydrogens is 410 g/mol. The average molecular weight is 440 g/mol. The van der Waals surface area contributed by atoms with E-state index in [4.69, 9.17) is 21.1 Å². The van der Waals surface area contributed by atoms with Gasteiger partial charge in [0, 0.05) is 37.7 Å². The van der Waals surface area contributed by atoms with E-state index in [9.17, 15) is 0 Å². The predicted octanol–water partition coefficient (Wildman–Crippen LogP) is 2.64. The summed E-state index contributed by atoms with van der Waals surface area (Å²) in [6, 6.07) is 2.84. The molecule has 0 saturated carbocycles. The Morgan fingerprint density at radius 1 is 1.31 bits per heavy atom. The largest absolute Gasteiger partial charge is 0.383 e. The first-order valence-electron chi connectivity index (χ1n) is 10.3. The van der Waals surface area contributed by atoms with Gasteiger partial charge in [-0.2, -0.15) is 0 Å². The molecule has 0 N–H and O–H groups in total. The number of hydrogen-bond acceptors (Lipinski definition) is 8. The van der Waals surface area contributed by atoms with Crippen LogP contribution >= 0.6 is 22.9 Å². The zero-order valence-electron chi connectivity index (χ0n) is 17.2. The van der Waals surface area contributed by atoms with Crippen LogP contribution in [0, 0.1) is 0 Å². The highest BCUT2D eigenvalue weighted by Crippen LogP contribution is 2.33. The first-order chi connectivity index (χ1) is 14.1. The van der Waals surface area contributed by atoms with Crippen LogP contribution in [0.1, 0.15) is 17.7 Å². The molecule has 7 nitrogen and oxygen atoms in total. The second kappa shape index (κ2) is 9.85.